The van der Waals surface area contributed by atoms with Crippen LogP contribution in [0.5, 0.6) is 0 Å². The van der Waals surface area contributed by atoms with Crippen LogP contribution < -0.4 is 10.9 Å². The largest absolute Gasteiger partial charge is 0.480 e. The summed E-state index contributed by atoms with van der Waals surface area (Å²) in [4.78, 5) is 39.6. The average molecular weight is 303 g/mol. The molecule has 0 bridgehead atoms. The van der Waals surface area contributed by atoms with Crippen molar-refractivity contribution < 1.29 is 14.7 Å². The third-order valence-corrected chi connectivity index (χ3v) is 3.31. The number of unbranched alkanes of at least 4 members (excludes halogenated alkanes) is 1. The van der Waals surface area contributed by atoms with Crippen LogP contribution >= 0.6 is 0 Å². The quantitative estimate of drug-likeness (QED) is 0.831. The minimum Gasteiger partial charge on any atom is -0.480 e. The molecule has 2 rings (SSSR count). The number of hydrogen-bond acceptors (Lipinski definition) is 4. The maximum Gasteiger partial charge on any atom is 0.326 e. The van der Waals surface area contributed by atoms with Crippen molar-refractivity contribution >= 4 is 17.5 Å². The van der Waals surface area contributed by atoms with Gasteiger partial charge >= 0.3 is 5.97 Å². The molecule has 0 aliphatic rings. The SMILES string of the molecule is CCCC[C@H](NC(=O)c1cnc2ccccn2c1=O)C(=O)O. The van der Waals surface area contributed by atoms with Crippen molar-refractivity contribution in [3.63, 3.8) is 0 Å². The first kappa shape index (κ1) is 15.7. The maximum absolute atomic E-state index is 12.2. The first-order valence-corrected chi connectivity index (χ1v) is 7.04. The summed E-state index contributed by atoms with van der Waals surface area (Å²) in [7, 11) is 0. The van der Waals surface area contributed by atoms with Gasteiger partial charge in [-0.25, -0.2) is 9.78 Å². The van der Waals surface area contributed by atoms with Gasteiger partial charge in [0.25, 0.3) is 11.5 Å². The molecule has 0 spiro atoms. The highest BCUT2D eigenvalue weighted by Crippen LogP contribution is 2.03. The Balaban J connectivity index is 2.27. The van der Waals surface area contributed by atoms with Crippen molar-refractivity contribution in [2.24, 2.45) is 0 Å². The second kappa shape index (κ2) is 6.84. The van der Waals surface area contributed by atoms with E-state index < -0.39 is 23.5 Å². The van der Waals surface area contributed by atoms with Crippen LogP contribution in [-0.2, 0) is 4.79 Å². The number of amides is 1. The van der Waals surface area contributed by atoms with E-state index in [0.717, 1.165) is 6.42 Å². The molecule has 2 aromatic heterocycles. The van der Waals surface area contributed by atoms with E-state index in [1.54, 1.807) is 18.2 Å². The highest BCUT2D eigenvalue weighted by molar-refractivity contribution is 5.96. The molecule has 116 valence electrons. The van der Waals surface area contributed by atoms with E-state index in [2.05, 4.69) is 10.3 Å². The van der Waals surface area contributed by atoms with Crippen molar-refractivity contribution in [2.45, 2.75) is 32.2 Å². The monoisotopic (exact) mass is 303 g/mol. The second-order valence-electron chi connectivity index (χ2n) is 4.91. The minimum atomic E-state index is -1.12. The minimum absolute atomic E-state index is 0.175. The Kier molecular flexibility index (Phi) is 4.88. The topological polar surface area (TPSA) is 101 Å². The number of aromatic nitrogens is 2. The number of carboxylic acids is 1. The molecule has 22 heavy (non-hydrogen) atoms. The summed E-state index contributed by atoms with van der Waals surface area (Å²) in [5.41, 5.74) is -0.279. The lowest BCUT2D eigenvalue weighted by atomic mass is 10.1. The summed E-state index contributed by atoms with van der Waals surface area (Å²) in [6.45, 7) is 1.93. The molecule has 2 heterocycles. The smallest absolute Gasteiger partial charge is 0.326 e. The first-order valence-electron chi connectivity index (χ1n) is 7.04. The van der Waals surface area contributed by atoms with E-state index in [0.29, 0.717) is 18.5 Å². The highest BCUT2D eigenvalue weighted by atomic mass is 16.4. The molecule has 0 saturated heterocycles. The van der Waals surface area contributed by atoms with Gasteiger partial charge in [-0.1, -0.05) is 25.8 Å². The summed E-state index contributed by atoms with van der Waals surface area (Å²) in [6, 6.07) is 4.01. The lowest BCUT2D eigenvalue weighted by Gasteiger charge is -2.13. The molecular formula is C15H17N3O4. The van der Waals surface area contributed by atoms with Gasteiger partial charge in [-0.15, -0.1) is 0 Å². The zero-order chi connectivity index (χ0) is 16.1. The molecule has 1 amide bonds. The van der Waals surface area contributed by atoms with E-state index in [-0.39, 0.29) is 5.56 Å². The zero-order valence-electron chi connectivity index (χ0n) is 12.2. The third kappa shape index (κ3) is 3.30. The first-order chi connectivity index (χ1) is 10.5. The van der Waals surface area contributed by atoms with Gasteiger partial charge in [0.2, 0.25) is 0 Å². The molecule has 0 aromatic carbocycles. The molecule has 0 saturated carbocycles. The lowest BCUT2D eigenvalue weighted by Crippen LogP contribution is -2.42. The Labute approximate surface area is 126 Å². The summed E-state index contributed by atoms with van der Waals surface area (Å²) < 4.78 is 1.25. The highest BCUT2D eigenvalue weighted by Gasteiger charge is 2.22. The van der Waals surface area contributed by atoms with Crippen LogP contribution in [0.2, 0.25) is 0 Å². The fourth-order valence-corrected chi connectivity index (χ4v) is 2.08. The zero-order valence-corrected chi connectivity index (χ0v) is 12.2. The summed E-state index contributed by atoms with van der Waals surface area (Å²) in [6.07, 6.45) is 4.49. The molecule has 0 aliphatic heterocycles. The number of nitrogens with zero attached hydrogens (tertiary/aromatic N) is 2. The standard InChI is InChI=1S/C15H17N3O4/c1-2-3-6-11(15(21)22)17-13(19)10-9-16-12-7-4-5-8-18(12)14(10)20/h4-5,7-9,11H,2-3,6H2,1H3,(H,17,19)(H,21,22)/t11-/m0/s1. The molecule has 2 aromatic rings. The fraction of sp³-hybridized carbons (Fsp3) is 0.333. The Bertz CT molecular complexity index is 754. The molecule has 0 fully saturated rings. The number of pyridine rings is 1. The number of nitrogens with one attached hydrogen (secondary N) is 1. The van der Waals surface area contributed by atoms with Gasteiger partial charge in [0, 0.05) is 12.4 Å². The molecule has 0 radical (unpaired) electrons. The van der Waals surface area contributed by atoms with Crippen LogP contribution in [-0.4, -0.2) is 32.4 Å². The summed E-state index contributed by atoms with van der Waals surface area (Å²) >= 11 is 0. The van der Waals surface area contributed by atoms with Crippen LogP contribution in [0.25, 0.3) is 5.65 Å². The van der Waals surface area contributed by atoms with E-state index >= 15 is 0 Å². The van der Waals surface area contributed by atoms with Crippen LogP contribution in [0, 0.1) is 0 Å². The van der Waals surface area contributed by atoms with Crippen molar-refractivity contribution in [2.75, 3.05) is 0 Å². The van der Waals surface area contributed by atoms with Gasteiger partial charge in [-0.2, -0.15) is 0 Å². The van der Waals surface area contributed by atoms with Crippen molar-refractivity contribution in [1.29, 1.82) is 0 Å². The normalized spacial score (nSPS) is 12.0. The summed E-state index contributed by atoms with van der Waals surface area (Å²) in [5, 5.41) is 11.5. The average Bonchev–Trinajstić information content (AvgIpc) is 2.51. The number of rotatable bonds is 6. The molecule has 2 N–H and O–H groups in total. The number of aliphatic carboxylic acids is 1. The molecule has 0 unspecified atom stereocenters. The summed E-state index contributed by atoms with van der Waals surface area (Å²) in [5.74, 6) is -1.84. The Morgan fingerprint density at radius 2 is 2.18 bits per heavy atom. The second-order valence-corrected chi connectivity index (χ2v) is 4.91. The third-order valence-electron chi connectivity index (χ3n) is 3.31. The van der Waals surface area contributed by atoms with Crippen molar-refractivity contribution in [3.8, 4) is 0 Å². The predicted molar refractivity (Wildman–Crippen MR) is 79.9 cm³/mol. The van der Waals surface area contributed by atoms with E-state index in [1.165, 1.54) is 16.8 Å². The van der Waals surface area contributed by atoms with Crippen molar-refractivity contribution in [3.05, 3.63) is 46.5 Å². The molecule has 0 aliphatic carbocycles. The van der Waals surface area contributed by atoms with Gasteiger partial charge < -0.3 is 10.4 Å². The molecule has 7 nitrogen and oxygen atoms in total. The molecule has 1 atom stereocenters. The van der Waals surface area contributed by atoms with E-state index in [1.807, 2.05) is 6.92 Å². The van der Waals surface area contributed by atoms with Gasteiger partial charge in [-0.3, -0.25) is 14.0 Å². The van der Waals surface area contributed by atoms with Gasteiger partial charge in [0.15, 0.2) is 0 Å². The van der Waals surface area contributed by atoms with E-state index in [4.69, 9.17) is 5.11 Å². The number of carboxylic acid groups (broad SMARTS) is 1. The van der Waals surface area contributed by atoms with Crippen LogP contribution in [0.15, 0.2) is 35.4 Å². The Hall–Kier alpha value is -2.70. The van der Waals surface area contributed by atoms with Crippen LogP contribution in [0.4, 0.5) is 0 Å². The predicted octanol–water partition coefficient (Wildman–Crippen LogP) is 1.07. The van der Waals surface area contributed by atoms with Gasteiger partial charge in [-0.05, 0) is 18.6 Å². The van der Waals surface area contributed by atoms with Crippen LogP contribution in [0.1, 0.15) is 36.5 Å². The maximum atomic E-state index is 12.2. The van der Waals surface area contributed by atoms with E-state index in [9.17, 15) is 14.4 Å². The number of carbonyl (C=O) groups excluding carboxylic acids is 1. The molecular weight excluding hydrogens is 286 g/mol. The van der Waals surface area contributed by atoms with Gasteiger partial charge in [0.1, 0.15) is 17.3 Å². The number of carbonyl (C=O) groups is 2. The number of fused-ring (bicyclic) bond motifs is 1. The van der Waals surface area contributed by atoms with Crippen molar-refractivity contribution in [1.82, 2.24) is 14.7 Å². The lowest BCUT2D eigenvalue weighted by molar-refractivity contribution is -0.139. The van der Waals surface area contributed by atoms with Crippen LogP contribution in [0.3, 0.4) is 0 Å². The molecule has 7 heteroatoms. The Morgan fingerprint density at radius 3 is 2.86 bits per heavy atom. The Morgan fingerprint density at radius 1 is 1.41 bits per heavy atom. The fourth-order valence-electron chi connectivity index (χ4n) is 2.08. The number of hydrogen-bond donors (Lipinski definition) is 2. The van der Waals surface area contributed by atoms with Gasteiger partial charge in [0.05, 0.1) is 0 Å².